The molecule has 4 rings (SSSR count). The average Bonchev–Trinajstić information content (AvgIpc) is 3.28. The van der Waals surface area contributed by atoms with E-state index in [0.717, 1.165) is 53.8 Å². The Morgan fingerprint density at radius 1 is 1.14 bits per heavy atom. The number of benzene rings is 1. The number of hydrogen-bond donors (Lipinski definition) is 2. The lowest BCUT2D eigenvalue weighted by atomic mass is 10.00. The first-order chi connectivity index (χ1) is 13.3. The molecule has 148 valence electrons. The number of tetrazole rings is 1. The van der Waals surface area contributed by atoms with E-state index in [1.807, 2.05) is 17.7 Å². The van der Waals surface area contributed by atoms with E-state index in [0.29, 0.717) is 0 Å². The Balaban J connectivity index is 1.95. The molecular formula is C21H29N6O+. The van der Waals surface area contributed by atoms with Gasteiger partial charge in [0.2, 0.25) is 5.82 Å². The molecule has 0 unspecified atom stereocenters. The van der Waals surface area contributed by atoms with Crippen LogP contribution in [0, 0.1) is 13.8 Å². The van der Waals surface area contributed by atoms with Crippen molar-refractivity contribution in [3.05, 3.63) is 51.1 Å². The molecule has 1 fully saturated rings. The first-order valence-electron chi connectivity index (χ1n) is 10.0. The SMILES string of the molecule is Cc1cc(C)c2[nH]c(=O)c([C@@H](c3nnnn3C(C)(C)C)[NH+]3CCCC3)cc2c1. The van der Waals surface area contributed by atoms with Crippen LogP contribution in [0.15, 0.2) is 23.0 Å². The summed E-state index contributed by atoms with van der Waals surface area (Å²) in [6.45, 7) is 12.4. The molecule has 0 amide bonds. The fourth-order valence-corrected chi connectivity index (χ4v) is 4.43. The second-order valence-corrected chi connectivity index (χ2v) is 9.02. The van der Waals surface area contributed by atoms with Crippen LogP contribution in [-0.2, 0) is 5.54 Å². The van der Waals surface area contributed by atoms with Crippen LogP contribution in [0.3, 0.4) is 0 Å². The van der Waals surface area contributed by atoms with E-state index in [1.165, 1.54) is 10.5 Å². The number of fused-ring (bicyclic) bond motifs is 1. The maximum Gasteiger partial charge on any atom is 0.258 e. The monoisotopic (exact) mass is 381 g/mol. The van der Waals surface area contributed by atoms with Crippen LogP contribution in [0.25, 0.3) is 10.9 Å². The number of aromatic amines is 1. The van der Waals surface area contributed by atoms with Gasteiger partial charge in [-0.25, -0.2) is 4.68 Å². The normalized spacial score (nSPS) is 16.8. The highest BCUT2D eigenvalue weighted by atomic mass is 16.1. The zero-order valence-corrected chi connectivity index (χ0v) is 17.3. The maximum atomic E-state index is 13.2. The summed E-state index contributed by atoms with van der Waals surface area (Å²) in [7, 11) is 0. The van der Waals surface area contributed by atoms with Crippen LogP contribution in [0.2, 0.25) is 0 Å². The lowest BCUT2D eigenvalue weighted by Gasteiger charge is -2.27. The van der Waals surface area contributed by atoms with Crippen molar-refractivity contribution in [1.82, 2.24) is 25.2 Å². The van der Waals surface area contributed by atoms with Crippen LogP contribution < -0.4 is 10.5 Å². The number of H-pyrrole nitrogens is 1. The first kappa shape index (κ1) is 18.8. The van der Waals surface area contributed by atoms with Crippen molar-refractivity contribution < 1.29 is 4.90 Å². The quantitative estimate of drug-likeness (QED) is 0.723. The minimum Gasteiger partial charge on any atom is -0.322 e. The summed E-state index contributed by atoms with van der Waals surface area (Å²) in [6, 6.07) is 6.10. The third-order valence-electron chi connectivity index (χ3n) is 5.67. The second kappa shape index (κ2) is 6.81. The molecule has 1 aliphatic heterocycles. The van der Waals surface area contributed by atoms with E-state index in [9.17, 15) is 4.79 Å². The Morgan fingerprint density at radius 2 is 1.86 bits per heavy atom. The fraction of sp³-hybridized carbons (Fsp3) is 0.524. The third-order valence-corrected chi connectivity index (χ3v) is 5.67. The van der Waals surface area contributed by atoms with Crippen molar-refractivity contribution >= 4 is 10.9 Å². The summed E-state index contributed by atoms with van der Waals surface area (Å²) in [5.74, 6) is 0.763. The number of aryl methyl sites for hydroxylation is 2. The summed E-state index contributed by atoms with van der Waals surface area (Å²) in [5.41, 5.74) is 3.62. The van der Waals surface area contributed by atoms with Gasteiger partial charge in [-0.2, -0.15) is 0 Å². The molecular weight excluding hydrogens is 352 g/mol. The molecule has 2 aromatic heterocycles. The van der Waals surface area contributed by atoms with Gasteiger partial charge in [-0.15, -0.1) is 5.10 Å². The van der Waals surface area contributed by atoms with E-state index in [4.69, 9.17) is 0 Å². The topological polar surface area (TPSA) is 80.9 Å². The number of nitrogens with one attached hydrogen (secondary N) is 2. The van der Waals surface area contributed by atoms with E-state index in [2.05, 4.69) is 60.3 Å². The zero-order valence-electron chi connectivity index (χ0n) is 17.3. The smallest absolute Gasteiger partial charge is 0.258 e. The number of rotatable bonds is 3. The molecule has 0 spiro atoms. The number of likely N-dealkylation sites (tertiary alicyclic amines) is 1. The summed E-state index contributed by atoms with van der Waals surface area (Å²) >= 11 is 0. The molecule has 7 nitrogen and oxygen atoms in total. The lowest BCUT2D eigenvalue weighted by Crippen LogP contribution is -3.10. The standard InChI is InChI=1S/C21H28N6O/c1-13-10-14(2)17-15(11-13)12-16(20(28)22-17)18(26-8-6-7-9-26)19-23-24-25-27(19)21(3,4)5/h10-12,18H,6-9H2,1-5H3,(H,22,28)/p+1/t18-/m0/s1. The predicted molar refractivity (Wildman–Crippen MR) is 109 cm³/mol. The number of nitrogens with zero attached hydrogens (tertiary/aromatic N) is 4. The molecule has 0 radical (unpaired) electrons. The Hall–Kier alpha value is -2.54. The molecule has 1 saturated heterocycles. The highest BCUT2D eigenvalue weighted by molar-refractivity contribution is 5.83. The van der Waals surface area contributed by atoms with Crippen LogP contribution >= 0.6 is 0 Å². The third kappa shape index (κ3) is 3.24. The molecule has 0 bridgehead atoms. The number of pyridine rings is 1. The van der Waals surface area contributed by atoms with Crippen molar-refractivity contribution in [2.24, 2.45) is 0 Å². The van der Waals surface area contributed by atoms with Crippen LogP contribution in [0.4, 0.5) is 0 Å². The van der Waals surface area contributed by atoms with Gasteiger partial charge in [0.1, 0.15) is 0 Å². The van der Waals surface area contributed by atoms with E-state index in [1.54, 1.807) is 0 Å². The second-order valence-electron chi connectivity index (χ2n) is 9.02. The van der Waals surface area contributed by atoms with E-state index < -0.39 is 0 Å². The van der Waals surface area contributed by atoms with Gasteiger partial charge in [-0.3, -0.25) is 4.79 Å². The molecule has 7 heteroatoms. The molecule has 3 heterocycles. The molecule has 1 atom stereocenters. The summed E-state index contributed by atoms with van der Waals surface area (Å²) in [6.07, 6.45) is 2.32. The van der Waals surface area contributed by atoms with Crippen molar-refractivity contribution in [3.8, 4) is 0 Å². The summed E-state index contributed by atoms with van der Waals surface area (Å²) in [4.78, 5) is 17.7. The molecule has 1 aromatic carbocycles. The van der Waals surface area contributed by atoms with Gasteiger partial charge >= 0.3 is 0 Å². The number of quaternary nitrogens is 1. The Morgan fingerprint density at radius 3 is 2.54 bits per heavy atom. The Kier molecular flexibility index (Phi) is 4.57. The molecule has 3 aromatic rings. The van der Waals surface area contributed by atoms with Gasteiger partial charge in [0.15, 0.2) is 6.04 Å². The Labute approximate surface area is 164 Å². The predicted octanol–water partition coefficient (Wildman–Crippen LogP) is 1.65. The molecule has 1 aliphatic rings. The van der Waals surface area contributed by atoms with Crippen molar-refractivity contribution in [3.63, 3.8) is 0 Å². The number of aromatic nitrogens is 5. The Bertz CT molecular complexity index is 1070. The minimum absolute atomic E-state index is 0.0488. The number of hydrogen-bond acceptors (Lipinski definition) is 4. The van der Waals surface area contributed by atoms with E-state index >= 15 is 0 Å². The van der Waals surface area contributed by atoms with Crippen molar-refractivity contribution in [2.45, 2.75) is 59.0 Å². The van der Waals surface area contributed by atoms with Gasteiger partial charge < -0.3 is 9.88 Å². The minimum atomic E-state index is -0.257. The van der Waals surface area contributed by atoms with Gasteiger partial charge in [0, 0.05) is 12.8 Å². The van der Waals surface area contributed by atoms with Crippen LogP contribution in [0.5, 0.6) is 0 Å². The maximum absolute atomic E-state index is 13.2. The van der Waals surface area contributed by atoms with Gasteiger partial charge in [0.25, 0.3) is 5.56 Å². The molecule has 0 aliphatic carbocycles. The van der Waals surface area contributed by atoms with Gasteiger partial charge in [0.05, 0.1) is 29.7 Å². The molecule has 2 N–H and O–H groups in total. The van der Waals surface area contributed by atoms with Crippen LogP contribution in [-0.4, -0.2) is 38.3 Å². The van der Waals surface area contributed by atoms with Gasteiger partial charge in [-0.1, -0.05) is 11.6 Å². The highest BCUT2D eigenvalue weighted by Crippen LogP contribution is 2.24. The van der Waals surface area contributed by atoms with Crippen LogP contribution in [0.1, 0.15) is 62.2 Å². The zero-order chi connectivity index (χ0) is 20.1. The summed E-state index contributed by atoms with van der Waals surface area (Å²) in [5, 5.41) is 13.7. The highest BCUT2D eigenvalue weighted by Gasteiger charge is 2.37. The lowest BCUT2D eigenvalue weighted by molar-refractivity contribution is -0.914. The summed E-state index contributed by atoms with van der Waals surface area (Å²) < 4.78 is 1.87. The van der Waals surface area contributed by atoms with Crippen molar-refractivity contribution in [1.29, 1.82) is 0 Å². The van der Waals surface area contributed by atoms with Crippen molar-refractivity contribution in [2.75, 3.05) is 13.1 Å². The average molecular weight is 382 g/mol. The van der Waals surface area contributed by atoms with E-state index in [-0.39, 0.29) is 17.1 Å². The van der Waals surface area contributed by atoms with Gasteiger partial charge in [-0.05, 0) is 68.1 Å². The fourth-order valence-electron chi connectivity index (χ4n) is 4.43. The largest absolute Gasteiger partial charge is 0.322 e. The molecule has 0 saturated carbocycles. The molecule has 28 heavy (non-hydrogen) atoms. The first-order valence-corrected chi connectivity index (χ1v) is 10.0.